The zero-order chi connectivity index (χ0) is 11.5. The smallest absolute Gasteiger partial charge is 0.234 e. The van der Waals surface area contributed by atoms with Gasteiger partial charge in [-0.2, -0.15) is 11.8 Å². The lowest BCUT2D eigenvalue weighted by molar-refractivity contribution is -0.120. The molecule has 0 rings (SSSR count). The highest BCUT2D eigenvalue weighted by Gasteiger charge is 2.01. The van der Waals surface area contributed by atoms with E-state index >= 15 is 0 Å². The van der Waals surface area contributed by atoms with Crippen LogP contribution in [-0.2, 0) is 4.79 Å². The van der Waals surface area contributed by atoms with E-state index in [4.69, 9.17) is 5.11 Å². The number of carbonyl (C=O) groups excluding carboxylic acids is 1. The number of nitrogens with one attached hydrogen (secondary N) is 2. The van der Waals surface area contributed by atoms with Crippen molar-refractivity contribution in [2.24, 2.45) is 0 Å². The average Bonchev–Trinajstić information content (AvgIpc) is 2.15. The van der Waals surface area contributed by atoms with Gasteiger partial charge in [-0.1, -0.05) is 0 Å². The number of hydrogen-bond donors (Lipinski definition) is 3. The summed E-state index contributed by atoms with van der Waals surface area (Å²) in [5.41, 5.74) is 0. The highest BCUT2D eigenvalue weighted by Crippen LogP contribution is 1.99. The van der Waals surface area contributed by atoms with Gasteiger partial charge >= 0.3 is 0 Å². The standard InChI is InChI=1S/C10H22N2O2S/c1-9(2)12-10(14)8-11-4-7-15-6-3-5-13/h9,11,13H,3-8H2,1-2H3,(H,12,14). The maximum atomic E-state index is 11.2. The van der Waals surface area contributed by atoms with Crippen LogP contribution in [0.25, 0.3) is 0 Å². The van der Waals surface area contributed by atoms with Gasteiger partial charge < -0.3 is 15.7 Å². The molecule has 0 bridgehead atoms. The van der Waals surface area contributed by atoms with E-state index in [1.807, 2.05) is 13.8 Å². The molecule has 0 spiro atoms. The molecule has 0 fully saturated rings. The van der Waals surface area contributed by atoms with Gasteiger partial charge in [0.1, 0.15) is 0 Å². The Hall–Kier alpha value is -0.260. The van der Waals surface area contributed by atoms with Crippen molar-refractivity contribution in [3.63, 3.8) is 0 Å². The third-order valence-corrected chi connectivity index (χ3v) is 2.68. The lowest BCUT2D eigenvalue weighted by Gasteiger charge is -2.08. The topological polar surface area (TPSA) is 61.4 Å². The zero-order valence-electron chi connectivity index (χ0n) is 9.58. The number of aliphatic hydroxyl groups is 1. The Labute approximate surface area is 96.2 Å². The molecule has 0 aliphatic rings. The van der Waals surface area contributed by atoms with E-state index in [1.165, 1.54) is 0 Å². The number of carbonyl (C=O) groups is 1. The van der Waals surface area contributed by atoms with Gasteiger partial charge in [0.15, 0.2) is 0 Å². The molecule has 1 amide bonds. The number of thioether (sulfide) groups is 1. The molecule has 15 heavy (non-hydrogen) atoms. The molecule has 0 saturated heterocycles. The number of amides is 1. The van der Waals surface area contributed by atoms with Crippen molar-refractivity contribution in [1.29, 1.82) is 0 Å². The van der Waals surface area contributed by atoms with Crippen LogP contribution in [-0.4, -0.2) is 48.3 Å². The SMILES string of the molecule is CC(C)NC(=O)CNCCSCCCO. The van der Waals surface area contributed by atoms with Crippen LogP contribution in [0.4, 0.5) is 0 Å². The van der Waals surface area contributed by atoms with E-state index in [2.05, 4.69) is 10.6 Å². The molecular weight excluding hydrogens is 212 g/mol. The second-order valence-electron chi connectivity index (χ2n) is 3.59. The molecule has 3 N–H and O–H groups in total. The van der Waals surface area contributed by atoms with Gasteiger partial charge in [-0.25, -0.2) is 0 Å². The van der Waals surface area contributed by atoms with Crippen molar-refractivity contribution >= 4 is 17.7 Å². The molecule has 4 nitrogen and oxygen atoms in total. The van der Waals surface area contributed by atoms with Crippen LogP contribution in [0.5, 0.6) is 0 Å². The quantitative estimate of drug-likeness (QED) is 0.499. The lowest BCUT2D eigenvalue weighted by atomic mass is 10.4. The first-order valence-corrected chi connectivity index (χ1v) is 6.51. The van der Waals surface area contributed by atoms with Crippen molar-refractivity contribution in [2.75, 3.05) is 31.2 Å². The molecule has 0 aromatic heterocycles. The van der Waals surface area contributed by atoms with Gasteiger partial charge in [0.25, 0.3) is 0 Å². The Morgan fingerprint density at radius 1 is 1.40 bits per heavy atom. The number of rotatable bonds is 9. The van der Waals surface area contributed by atoms with Crippen molar-refractivity contribution in [1.82, 2.24) is 10.6 Å². The minimum Gasteiger partial charge on any atom is -0.396 e. The Morgan fingerprint density at radius 2 is 2.13 bits per heavy atom. The summed E-state index contributed by atoms with van der Waals surface area (Å²) in [7, 11) is 0. The number of aliphatic hydroxyl groups excluding tert-OH is 1. The van der Waals surface area contributed by atoms with Crippen LogP contribution in [0.15, 0.2) is 0 Å². The fraction of sp³-hybridized carbons (Fsp3) is 0.900. The first kappa shape index (κ1) is 14.7. The largest absolute Gasteiger partial charge is 0.396 e. The molecule has 0 aliphatic carbocycles. The van der Waals surface area contributed by atoms with E-state index in [0.717, 1.165) is 24.5 Å². The van der Waals surface area contributed by atoms with Gasteiger partial charge in [-0.15, -0.1) is 0 Å². The maximum absolute atomic E-state index is 11.2. The maximum Gasteiger partial charge on any atom is 0.234 e. The normalized spacial score (nSPS) is 10.7. The molecule has 0 radical (unpaired) electrons. The summed E-state index contributed by atoms with van der Waals surface area (Å²) in [5, 5.41) is 14.4. The molecule has 0 aromatic carbocycles. The molecule has 90 valence electrons. The van der Waals surface area contributed by atoms with Crippen molar-refractivity contribution in [3.8, 4) is 0 Å². The molecular formula is C10H22N2O2S. The highest BCUT2D eigenvalue weighted by molar-refractivity contribution is 7.99. The summed E-state index contributed by atoms with van der Waals surface area (Å²) in [5.74, 6) is 2.01. The first-order valence-electron chi connectivity index (χ1n) is 5.35. The molecule has 5 heteroatoms. The number of hydrogen-bond acceptors (Lipinski definition) is 4. The summed E-state index contributed by atoms with van der Waals surface area (Å²) in [6.45, 7) is 5.38. The van der Waals surface area contributed by atoms with Gasteiger partial charge in [-0.05, 0) is 26.0 Å². The molecule has 0 aromatic rings. The van der Waals surface area contributed by atoms with Gasteiger partial charge in [0, 0.05) is 24.9 Å². The Balaban J connectivity index is 3.13. The molecule has 0 unspecified atom stereocenters. The van der Waals surface area contributed by atoms with Crippen molar-refractivity contribution in [2.45, 2.75) is 26.3 Å². The minimum absolute atomic E-state index is 0.0466. The van der Waals surface area contributed by atoms with Gasteiger partial charge in [0.2, 0.25) is 5.91 Å². The van der Waals surface area contributed by atoms with E-state index < -0.39 is 0 Å². The van der Waals surface area contributed by atoms with Crippen LogP contribution >= 0.6 is 11.8 Å². The van der Waals surface area contributed by atoms with Crippen LogP contribution < -0.4 is 10.6 Å². The van der Waals surface area contributed by atoms with Gasteiger partial charge in [0.05, 0.1) is 6.54 Å². The predicted molar refractivity (Wildman–Crippen MR) is 65.2 cm³/mol. The van der Waals surface area contributed by atoms with Crippen LogP contribution in [0.3, 0.4) is 0 Å². The minimum atomic E-state index is 0.0466. The van der Waals surface area contributed by atoms with Crippen molar-refractivity contribution in [3.05, 3.63) is 0 Å². The van der Waals surface area contributed by atoms with E-state index in [0.29, 0.717) is 6.54 Å². The lowest BCUT2D eigenvalue weighted by Crippen LogP contribution is -2.38. The summed E-state index contributed by atoms with van der Waals surface area (Å²) in [6, 6.07) is 0.207. The summed E-state index contributed by atoms with van der Waals surface area (Å²) in [6.07, 6.45) is 0.846. The van der Waals surface area contributed by atoms with Crippen LogP contribution in [0.2, 0.25) is 0 Å². The second kappa shape index (κ2) is 10.3. The third-order valence-electron chi connectivity index (χ3n) is 1.61. The third kappa shape index (κ3) is 11.7. The van der Waals surface area contributed by atoms with Crippen molar-refractivity contribution < 1.29 is 9.90 Å². The van der Waals surface area contributed by atoms with E-state index in [-0.39, 0.29) is 18.6 Å². The van der Waals surface area contributed by atoms with E-state index in [1.54, 1.807) is 11.8 Å². The molecule has 0 heterocycles. The van der Waals surface area contributed by atoms with Crippen LogP contribution in [0, 0.1) is 0 Å². The van der Waals surface area contributed by atoms with Crippen LogP contribution in [0.1, 0.15) is 20.3 Å². The Bertz CT molecular complexity index is 166. The monoisotopic (exact) mass is 234 g/mol. The Kier molecular flexibility index (Phi) is 10.1. The fourth-order valence-corrected chi connectivity index (χ4v) is 1.81. The zero-order valence-corrected chi connectivity index (χ0v) is 10.4. The predicted octanol–water partition coefficient (Wildman–Crippen LogP) is 0.216. The molecule has 0 atom stereocenters. The average molecular weight is 234 g/mol. The molecule has 0 aliphatic heterocycles. The summed E-state index contributed by atoms with van der Waals surface area (Å²) >= 11 is 1.79. The van der Waals surface area contributed by atoms with Gasteiger partial charge in [-0.3, -0.25) is 4.79 Å². The second-order valence-corrected chi connectivity index (χ2v) is 4.81. The summed E-state index contributed by atoms with van der Waals surface area (Å²) in [4.78, 5) is 11.2. The fourth-order valence-electron chi connectivity index (χ4n) is 0.988. The molecule has 0 saturated carbocycles. The summed E-state index contributed by atoms with van der Waals surface area (Å²) < 4.78 is 0. The highest BCUT2D eigenvalue weighted by atomic mass is 32.2. The Morgan fingerprint density at radius 3 is 2.73 bits per heavy atom. The van der Waals surface area contributed by atoms with E-state index in [9.17, 15) is 4.79 Å². The first-order chi connectivity index (χ1) is 7.16.